The van der Waals surface area contributed by atoms with Crippen LogP contribution in [0.1, 0.15) is 23.1 Å². The maximum atomic E-state index is 10.7. The minimum Gasteiger partial charge on any atom is -0.489 e. The molecule has 3 aromatic rings. The number of aryl methyl sites for hydroxylation is 1. The molecule has 1 heterocycles. The minimum atomic E-state index is -0.775. The SMILES string of the molecule is O=C(O)CCc1ccc(OCc2ccc(CN3CCN(c4ccccc4)CC3)cc2)cc1. The summed E-state index contributed by atoms with van der Waals surface area (Å²) in [6, 6.07) is 27.0. The van der Waals surface area contributed by atoms with Crippen LogP contribution in [0.15, 0.2) is 78.9 Å². The lowest BCUT2D eigenvalue weighted by Gasteiger charge is -2.36. The van der Waals surface area contributed by atoms with E-state index in [1.165, 1.54) is 11.3 Å². The highest BCUT2D eigenvalue weighted by Gasteiger charge is 2.17. The summed E-state index contributed by atoms with van der Waals surface area (Å²) in [6.07, 6.45) is 0.688. The normalized spacial score (nSPS) is 14.3. The molecule has 0 spiro atoms. The van der Waals surface area contributed by atoms with Gasteiger partial charge in [0, 0.05) is 44.8 Å². The molecule has 4 rings (SSSR count). The first-order chi connectivity index (χ1) is 15.7. The van der Waals surface area contributed by atoms with Crippen LogP contribution in [-0.2, 0) is 24.4 Å². The van der Waals surface area contributed by atoms with E-state index in [9.17, 15) is 4.79 Å². The van der Waals surface area contributed by atoms with Crippen molar-refractivity contribution in [1.82, 2.24) is 4.90 Å². The molecular formula is C27H30N2O3. The van der Waals surface area contributed by atoms with Crippen molar-refractivity contribution in [3.05, 3.63) is 95.6 Å². The van der Waals surface area contributed by atoms with Gasteiger partial charge in [0.1, 0.15) is 12.4 Å². The second-order valence-electron chi connectivity index (χ2n) is 8.24. The molecule has 1 fully saturated rings. The number of hydrogen-bond donors (Lipinski definition) is 1. The summed E-state index contributed by atoms with van der Waals surface area (Å²) >= 11 is 0. The molecule has 1 N–H and O–H groups in total. The number of carbonyl (C=O) groups is 1. The van der Waals surface area contributed by atoms with Crippen LogP contribution in [0.4, 0.5) is 5.69 Å². The van der Waals surface area contributed by atoms with Gasteiger partial charge in [-0.15, -0.1) is 0 Å². The van der Waals surface area contributed by atoms with Crippen molar-refractivity contribution in [3.63, 3.8) is 0 Å². The zero-order valence-corrected chi connectivity index (χ0v) is 18.3. The summed E-state index contributed by atoms with van der Waals surface area (Å²) in [5.74, 6) is 0.0210. The topological polar surface area (TPSA) is 53.0 Å². The second-order valence-corrected chi connectivity index (χ2v) is 8.24. The Kier molecular flexibility index (Phi) is 7.41. The van der Waals surface area contributed by atoms with E-state index < -0.39 is 5.97 Å². The van der Waals surface area contributed by atoms with Gasteiger partial charge < -0.3 is 14.7 Å². The molecule has 0 atom stereocenters. The summed E-state index contributed by atoms with van der Waals surface area (Å²) in [5.41, 5.74) is 4.78. The summed E-state index contributed by atoms with van der Waals surface area (Å²) < 4.78 is 5.88. The molecular weight excluding hydrogens is 400 g/mol. The van der Waals surface area contributed by atoms with Gasteiger partial charge in [-0.1, -0.05) is 54.6 Å². The van der Waals surface area contributed by atoms with Gasteiger partial charge in [-0.3, -0.25) is 9.69 Å². The van der Waals surface area contributed by atoms with E-state index in [0.717, 1.165) is 49.6 Å². The number of carboxylic acids is 1. The highest BCUT2D eigenvalue weighted by Crippen LogP contribution is 2.18. The standard InChI is InChI=1S/C27H30N2O3/c30-27(31)15-12-22-10-13-26(14-11-22)32-21-24-8-6-23(7-9-24)20-28-16-18-29(19-17-28)25-4-2-1-3-5-25/h1-11,13-14H,12,15-21H2,(H,30,31). The van der Waals surface area contributed by atoms with Gasteiger partial charge in [-0.2, -0.15) is 0 Å². The molecule has 3 aromatic carbocycles. The Bertz CT molecular complexity index is 980. The number of benzene rings is 3. The van der Waals surface area contributed by atoms with E-state index in [1.807, 2.05) is 24.3 Å². The minimum absolute atomic E-state index is 0.148. The molecule has 32 heavy (non-hydrogen) atoms. The fourth-order valence-corrected chi connectivity index (χ4v) is 3.97. The van der Waals surface area contributed by atoms with Crippen LogP contribution in [0.25, 0.3) is 0 Å². The number of piperazine rings is 1. The van der Waals surface area contributed by atoms with Gasteiger partial charge in [0.2, 0.25) is 0 Å². The smallest absolute Gasteiger partial charge is 0.303 e. The molecule has 166 valence electrons. The molecule has 0 radical (unpaired) electrons. The fourth-order valence-electron chi connectivity index (χ4n) is 3.97. The van der Waals surface area contributed by atoms with Gasteiger partial charge in [-0.25, -0.2) is 0 Å². The average molecular weight is 431 g/mol. The van der Waals surface area contributed by atoms with Crippen LogP contribution in [0, 0.1) is 0 Å². The maximum absolute atomic E-state index is 10.7. The Morgan fingerprint density at radius 1 is 0.781 bits per heavy atom. The molecule has 5 nitrogen and oxygen atoms in total. The third kappa shape index (κ3) is 6.34. The number of carboxylic acid groups (broad SMARTS) is 1. The number of rotatable bonds is 9. The first-order valence-electron chi connectivity index (χ1n) is 11.2. The third-order valence-electron chi connectivity index (χ3n) is 5.88. The first kappa shape index (κ1) is 21.9. The molecule has 0 saturated carbocycles. The molecule has 0 amide bonds. The van der Waals surface area contributed by atoms with E-state index in [4.69, 9.17) is 9.84 Å². The fraction of sp³-hybridized carbons (Fsp3) is 0.296. The Balaban J connectivity index is 1.21. The predicted molar refractivity (Wildman–Crippen MR) is 127 cm³/mol. The van der Waals surface area contributed by atoms with Gasteiger partial charge in [0.05, 0.1) is 0 Å². The van der Waals surface area contributed by atoms with Gasteiger partial charge in [0.15, 0.2) is 0 Å². The highest BCUT2D eigenvalue weighted by atomic mass is 16.5. The van der Waals surface area contributed by atoms with Crippen molar-refractivity contribution in [2.24, 2.45) is 0 Å². The molecule has 0 unspecified atom stereocenters. The summed E-state index contributed by atoms with van der Waals surface area (Å²) in [7, 11) is 0. The Morgan fingerprint density at radius 2 is 1.41 bits per heavy atom. The molecule has 5 heteroatoms. The van der Waals surface area contributed by atoms with E-state index in [0.29, 0.717) is 13.0 Å². The zero-order chi connectivity index (χ0) is 22.2. The highest BCUT2D eigenvalue weighted by molar-refractivity contribution is 5.67. The van der Waals surface area contributed by atoms with Gasteiger partial charge in [-0.05, 0) is 47.4 Å². The lowest BCUT2D eigenvalue weighted by molar-refractivity contribution is -0.136. The summed E-state index contributed by atoms with van der Waals surface area (Å²) in [4.78, 5) is 15.6. The molecule has 0 bridgehead atoms. The van der Waals surface area contributed by atoms with Crippen molar-refractivity contribution in [2.45, 2.75) is 26.0 Å². The third-order valence-corrected chi connectivity index (χ3v) is 5.88. The maximum Gasteiger partial charge on any atom is 0.303 e. The first-order valence-corrected chi connectivity index (χ1v) is 11.2. The van der Waals surface area contributed by atoms with Crippen molar-refractivity contribution in [1.29, 1.82) is 0 Å². The Morgan fingerprint density at radius 3 is 2.06 bits per heavy atom. The summed E-state index contributed by atoms with van der Waals surface area (Å²) in [5, 5.41) is 8.78. The molecule has 1 saturated heterocycles. The number of hydrogen-bond acceptors (Lipinski definition) is 4. The quantitative estimate of drug-likeness (QED) is 0.538. The Hall–Kier alpha value is -3.31. The second kappa shape index (κ2) is 10.8. The lowest BCUT2D eigenvalue weighted by Crippen LogP contribution is -2.45. The Labute approximate surface area is 189 Å². The van der Waals surface area contributed by atoms with Crippen LogP contribution < -0.4 is 9.64 Å². The summed E-state index contributed by atoms with van der Waals surface area (Å²) in [6.45, 7) is 5.76. The van der Waals surface area contributed by atoms with Crippen LogP contribution in [0.5, 0.6) is 5.75 Å². The largest absolute Gasteiger partial charge is 0.489 e. The van der Waals surface area contributed by atoms with Crippen molar-refractivity contribution in [2.75, 3.05) is 31.1 Å². The van der Waals surface area contributed by atoms with Gasteiger partial charge in [0.25, 0.3) is 0 Å². The molecule has 0 aromatic heterocycles. The molecule has 1 aliphatic heterocycles. The van der Waals surface area contributed by atoms with E-state index in [1.54, 1.807) is 0 Å². The molecule has 0 aliphatic carbocycles. The van der Waals surface area contributed by atoms with Crippen molar-refractivity contribution in [3.8, 4) is 5.75 Å². The van der Waals surface area contributed by atoms with Crippen LogP contribution in [-0.4, -0.2) is 42.2 Å². The number of para-hydroxylation sites is 1. The number of aliphatic carboxylic acids is 1. The van der Waals surface area contributed by atoms with Crippen molar-refractivity contribution < 1.29 is 14.6 Å². The van der Waals surface area contributed by atoms with Crippen molar-refractivity contribution >= 4 is 11.7 Å². The van der Waals surface area contributed by atoms with Gasteiger partial charge >= 0.3 is 5.97 Å². The van der Waals surface area contributed by atoms with Crippen LogP contribution in [0.2, 0.25) is 0 Å². The van der Waals surface area contributed by atoms with E-state index in [2.05, 4.69) is 64.4 Å². The van der Waals surface area contributed by atoms with Crippen LogP contribution >= 0.6 is 0 Å². The monoisotopic (exact) mass is 430 g/mol. The number of anilines is 1. The average Bonchev–Trinajstić information content (AvgIpc) is 2.84. The van der Waals surface area contributed by atoms with E-state index in [-0.39, 0.29) is 6.42 Å². The molecule has 1 aliphatic rings. The zero-order valence-electron chi connectivity index (χ0n) is 18.3. The number of ether oxygens (including phenoxy) is 1. The lowest BCUT2D eigenvalue weighted by atomic mass is 10.1. The van der Waals surface area contributed by atoms with Crippen LogP contribution in [0.3, 0.4) is 0 Å². The van der Waals surface area contributed by atoms with E-state index >= 15 is 0 Å². The predicted octanol–water partition coefficient (Wildman–Crippen LogP) is 4.61. The number of nitrogens with zero attached hydrogens (tertiary/aromatic N) is 2.